The number of aromatic nitrogens is 1. The van der Waals surface area contributed by atoms with Crippen molar-refractivity contribution in [2.24, 2.45) is 0 Å². The zero-order chi connectivity index (χ0) is 26.0. The van der Waals surface area contributed by atoms with Crippen LogP contribution in [0.5, 0.6) is 0 Å². The van der Waals surface area contributed by atoms with Gasteiger partial charge in [-0.05, 0) is 62.2 Å². The Bertz CT molecular complexity index is 1890. The highest BCUT2D eigenvalue weighted by atomic mass is 14.6. The molecule has 2 heteroatoms. The molecule has 0 amide bonds. The van der Waals surface area contributed by atoms with E-state index in [1.807, 2.05) is 12.3 Å². The fourth-order valence-corrected chi connectivity index (χ4v) is 5.65. The van der Waals surface area contributed by atoms with Crippen LogP contribution >= 0.6 is 0 Å². The third kappa shape index (κ3) is 4.62. The lowest BCUT2D eigenvalue weighted by Crippen LogP contribution is -2.43. The monoisotopic (exact) mass is 495 g/mol. The molecule has 0 saturated carbocycles. The van der Waals surface area contributed by atoms with E-state index in [2.05, 4.69) is 146 Å². The zero-order valence-electron chi connectivity index (χ0n) is 21.5. The van der Waals surface area contributed by atoms with E-state index < -0.39 is 0 Å². The first-order chi connectivity index (χ1) is 19.3. The van der Waals surface area contributed by atoms with Gasteiger partial charge in [-0.1, -0.05) is 144 Å². The van der Waals surface area contributed by atoms with Gasteiger partial charge in [0.1, 0.15) is 0 Å². The van der Waals surface area contributed by atoms with Gasteiger partial charge in [0.15, 0.2) is 0 Å². The first-order valence-corrected chi connectivity index (χ1v) is 13.4. The molecule has 0 fully saturated rings. The number of benzene rings is 6. The van der Waals surface area contributed by atoms with Crippen LogP contribution in [0.4, 0.5) is 0 Å². The van der Waals surface area contributed by atoms with Gasteiger partial charge in [-0.25, -0.2) is 0 Å². The van der Waals surface area contributed by atoms with Crippen LogP contribution < -0.4 is 10.9 Å². The highest BCUT2D eigenvalue weighted by molar-refractivity contribution is 7.00. The molecule has 7 aromatic rings. The van der Waals surface area contributed by atoms with Crippen molar-refractivity contribution in [1.82, 2.24) is 4.98 Å². The lowest BCUT2D eigenvalue weighted by Gasteiger charge is -2.21. The number of nitrogens with zero attached hydrogens (tertiary/aromatic N) is 1. The van der Waals surface area contributed by atoms with Crippen molar-refractivity contribution in [3.8, 4) is 0 Å². The smallest absolute Gasteiger partial charge is 0.242 e. The SMILES string of the molecule is C(=C(/B(c1ccc2ccccc2c1)c1ccc2ccccc2c1)c1ccc2ccccc2c1)/c1ccccn1. The number of hydrogen-bond acceptors (Lipinski definition) is 1. The Kier molecular flexibility index (Phi) is 5.99. The Labute approximate surface area is 229 Å². The Morgan fingerprint density at radius 1 is 0.462 bits per heavy atom. The van der Waals surface area contributed by atoms with Crippen LogP contribution in [-0.4, -0.2) is 11.7 Å². The van der Waals surface area contributed by atoms with Crippen molar-refractivity contribution < 1.29 is 0 Å². The normalized spacial score (nSPS) is 11.7. The molecule has 0 unspecified atom stereocenters. The van der Waals surface area contributed by atoms with Crippen LogP contribution in [-0.2, 0) is 0 Å². The number of fused-ring (bicyclic) bond motifs is 3. The first kappa shape index (κ1) is 23.2. The molecular weight excluding hydrogens is 469 g/mol. The second-order valence-corrected chi connectivity index (χ2v) is 10.1. The molecule has 0 aliphatic rings. The summed E-state index contributed by atoms with van der Waals surface area (Å²) in [5.74, 6) is 0. The van der Waals surface area contributed by atoms with Gasteiger partial charge in [-0.3, -0.25) is 4.98 Å². The summed E-state index contributed by atoms with van der Waals surface area (Å²) in [6.07, 6.45) is 4.13. The average Bonchev–Trinajstić information content (AvgIpc) is 3.01. The van der Waals surface area contributed by atoms with E-state index in [-0.39, 0.29) is 6.71 Å². The molecule has 1 aromatic heterocycles. The van der Waals surface area contributed by atoms with Gasteiger partial charge in [-0.2, -0.15) is 0 Å². The van der Waals surface area contributed by atoms with Crippen molar-refractivity contribution in [3.63, 3.8) is 0 Å². The van der Waals surface area contributed by atoms with Crippen molar-refractivity contribution in [1.29, 1.82) is 0 Å². The van der Waals surface area contributed by atoms with Crippen LogP contribution in [0.2, 0.25) is 0 Å². The first-order valence-electron chi connectivity index (χ1n) is 13.4. The van der Waals surface area contributed by atoms with Crippen LogP contribution in [0.3, 0.4) is 0 Å². The maximum atomic E-state index is 4.70. The topological polar surface area (TPSA) is 12.9 Å². The van der Waals surface area contributed by atoms with E-state index in [9.17, 15) is 0 Å². The minimum Gasteiger partial charge on any atom is -0.257 e. The minimum absolute atomic E-state index is 0.0161. The number of rotatable bonds is 5. The molecule has 0 saturated heterocycles. The van der Waals surface area contributed by atoms with Gasteiger partial charge >= 0.3 is 0 Å². The van der Waals surface area contributed by atoms with E-state index >= 15 is 0 Å². The number of pyridine rings is 1. The van der Waals surface area contributed by atoms with E-state index in [1.165, 1.54) is 54.3 Å². The summed E-state index contributed by atoms with van der Waals surface area (Å²) in [6.45, 7) is 0.0161. The van der Waals surface area contributed by atoms with Crippen molar-refractivity contribution in [2.45, 2.75) is 0 Å². The highest BCUT2D eigenvalue weighted by Gasteiger charge is 2.26. The molecule has 6 aromatic carbocycles. The quantitative estimate of drug-likeness (QED) is 0.221. The minimum atomic E-state index is 0.0161. The molecule has 182 valence electrons. The third-order valence-electron chi connectivity index (χ3n) is 7.60. The summed E-state index contributed by atoms with van der Waals surface area (Å²) >= 11 is 0. The summed E-state index contributed by atoms with van der Waals surface area (Å²) < 4.78 is 0. The standard InChI is InChI=1S/C37H26BN/c1-4-12-30-23-33(17-16-27(30)9-1)37(26-36-15-7-8-22-39-36)38(34-20-18-28-10-2-5-13-31(28)24-34)35-21-19-29-11-3-6-14-32(29)25-35/h1-26H/b37-26-. The van der Waals surface area contributed by atoms with Crippen LogP contribution in [0.25, 0.3) is 43.9 Å². The summed E-state index contributed by atoms with van der Waals surface area (Å²) in [5, 5.41) is 7.47. The molecule has 0 aliphatic heterocycles. The largest absolute Gasteiger partial charge is 0.257 e. The Hall–Kier alpha value is -4.95. The van der Waals surface area contributed by atoms with Crippen LogP contribution in [0, 0.1) is 0 Å². The Balaban J connectivity index is 1.51. The second kappa shape index (κ2) is 10.1. The van der Waals surface area contributed by atoms with Gasteiger partial charge in [0.25, 0.3) is 0 Å². The molecule has 1 heterocycles. The van der Waals surface area contributed by atoms with Gasteiger partial charge in [0.2, 0.25) is 6.71 Å². The molecule has 1 nitrogen and oxygen atoms in total. The molecular formula is C37H26BN. The van der Waals surface area contributed by atoms with Crippen molar-refractivity contribution in [2.75, 3.05) is 0 Å². The molecule has 39 heavy (non-hydrogen) atoms. The van der Waals surface area contributed by atoms with E-state index in [0.29, 0.717) is 0 Å². The van der Waals surface area contributed by atoms with Crippen LogP contribution in [0.15, 0.2) is 152 Å². The molecule has 7 rings (SSSR count). The summed E-state index contributed by atoms with van der Waals surface area (Å²) in [5.41, 5.74) is 5.90. The number of hydrogen-bond donors (Lipinski definition) is 0. The predicted molar refractivity (Wildman–Crippen MR) is 169 cm³/mol. The zero-order valence-corrected chi connectivity index (χ0v) is 21.5. The van der Waals surface area contributed by atoms with Crippen molar-refractivity contribution in [3.05, 3.63) is 163 Å². The van der Waals surface area contributed by atoms with E-state index in [4.69, 9.17) is 4.98 Å². The summed E-state index contributed by atoms with van der Waals surface area (Å²) in [6, 6.07) is 52.4. The molecule has 0 spiro atoms. The van der Waals surface area contributed by atoms with E-state index in [0.717, 1.165) is 5.69 Å². The second-order valence-electron chi connectivity index (χ2n) is 10.1. The molecule has 0 N–H and O–H groups in total. The molecule has 0 aliphatic carbocycles. The maximum absolute atomic E-state index is 4.70. The summed E-state index contributed by atoms with van der Waals surface area (Å²) in [7, 11) is 0. The lowest BCUT2D eigenvalue weighted by molar-refractivity contribution is 1.30. The third-order valence-corrected chi connectivity index (χ3v) is 7.60. The fraction of sp³-hybridized carbons (Fsp3) is 0. The molecule has 0 radical (unpaired) electrons. The van der Waals surface area contributed by atoms with Crippen LogP contribution in [0.1, 0.15) is 11.3 Å². The Morgan fingerprint density at radius 2 is 0.949 bits per heavy atom. The summed E-state index contributed by atoms with van der Waals surface area (Å²) in [4.78, 5) is 4.70. The lowest BCUT2D eigenvalue weighted by atomic mass is 9.35. The predicted octanol–water partition coefficient (Wildman–Crippen LogP) is 7.93. The average molecular weight is 495 g/mol. The molecule has 0 bridgehead atoms. The highest BCUT2D eigenvalue weighted by Crippen LogP contribution is 2.27. The maximum Gasteiger partial charge on any atom is 0.242 e. The van der Waals surface area contributed by atoms with Crippen molar-refractivity contribution >= 4 is 61.5 Å². The van der Waals surface area contributed by atoms with Gasteiger partial charge < -0.3 is 0 Å². The van der Waals surface area contributed by atoms with Gasteiger partial charge in [0, 0.05) is 6.20 Å². The Morgan fingerprint density at radius 3 is 1.49 bits per heavy atom. The molecule has 0 atom stereocenters. The fourth-order valence-electron chi connectivity index (χ4n) is 5.65. The van der Waals surface area contributed by atoms with Gasteiger partial charge in [-0.15, -0.1) is 0 Å². The van der Waals surface area contributed by atoms with E-state index in [1.54, 1.807) is 0 Å². The van der Waals surface area contributed by atoms with Gasteiger partial charge in [0.05, 0.1) is 5.69 Å².